The number of aliphatic hydroxyl groups is 1. The highest BCUT2D eigenvalue weighted by Gasteiger charge is 2.16. The smallest absolute Gasteiger partial charge is 0.130 e. The predicted molar refractivity (Wildman–Crippen MR) is 101 cm³/mol. The number of aliphatic hydroxyl groups excluding tert-OH is 1. The van der Waals surface area contributed by atoms with Crippen molar-refractivity contribution < 1.29 is 27.4 Å². The van der Waals surface area contributed by atoms with Crippen LogP contribution in [0, 0.1) is 17.5 Å². The van der Waals surface area contributed by atoms with Crippen LogP contribution in [0.15, 0.2) is 65.3 Å². The molecule has 0 amide bonds. The molecule has 0 radical (unpaired) electrons. The Bertz CT molecular complexity index is 885. The number of hydrogen-bond donors (Lipinski definition) is 1. The van der Waals surface area contributed by atoms with E-state index in [2.05, 4.69) is 0 Å². The summed E-state index contributed by atoms with van der Waals surface area (Å²) in [6.45, 7) is 0.985. The molecule has 0 spiro atoms. The lowest BCUT2D eigenvalue weighted by molar-refractivity contribution is 0.00238. The zero-order valence-corrected chi connectivity index (χ0v) is 15.7. The minimum Gasteiger partial charge on any atom is -0.467 e. The summed E-state index contributed by atoms with van der Waals surface area (Å²) in [5.41, 5.74) is 1.11. The number of rotatable bonds is 10. The topological polar surface area (TPSA) is 45.8 Å². The predicted octanol–water partition coefficient (Wildman–Crippen LogP) is 4.28. The van der Waals surface area contributed by atoms with Gasteiger partial charge in [0.1, 0.15) is 29.8 Å². The Morgan fingerprint density at radius 1 is 0.966 bits per heavy atom. The summed E-state index contributed by atoms with van der Waals surface area (Å²) in [5.74, 6) is -1.01. The van der Waals surface area contributed by atoms with Crippen LogP contribution in [-0.2, 0) is 24.4 Å². The number of hydrogen-bond acceptors (Lipinski definition) is 4. The van der Waals surface area contributed by atoms with Crippen LogP contribution >= 0.6 is 0 Å². The Morgan fingerprint density at radius 3 is 2.41 bits per heavy atom. The highest BCUT2D eigenvalue weighted by atomic mass is 19.1. The molecule has 3 aromatic rings. The molecule has 1 N–H and O–H groups in total. The molecule has 0 saturated heterocycles. The number of nitrogens with zero attached hydrogens (tertiary/aromatic N) is 1. The SMILES string of the molecule is OC(COCc1ccco1)CN(Cc1ccc(F)cc1)Cc1ccc(F)cc1F. The van der Waals surface area contributed by atoms with E-state index in [1.54, 1.807) is 29.2 Å². The van der Waals surface area contributed by atoms with Crippen molar-refractivity contribution in [2.75, 3.05) is 13.2 Å². The Labute approximate surface area is 167 Å². The first-order chi connectivity index (χ1) is 14.0. The average Bonchev–Trinajstić information content (AvgIpc) is 3.19. The van der Waals surface area contributed by atoms with Crippen molar-refractivity contribution >= 4 is 0 Å². The standard InChI is InChI=1S/C22H22F3NO3/c23-18-6-3-16(4-7-18)11-26(12-17-5-8-19(24)10-22(17)25)13-20(27)14-28-15-21-2-1-9-29-21/h1-10,20,27H,11-15H2. The van der Waals surface area contributed by atoms with Gasteiger partial charge in [-0.05, 0) is 35.9 Å². The van der Waals surface area contributed by atoms with Gasteiger partial charge in [-0.2, -0.15) is 0 Å². The molecule has 4 nitrogen and oxygen atoms in total. The lowest BCUT2D eigenvalue weighted by atomic mass is 10.1. The zero-order chi connectivity index (χ0) is 20.6. The lowest BCUT2D eigenvalue weighted by Gasteiger charge is -2.25. The van der Waals surface area contributed by atoms with E-state index >= 15 is 0 Å². The fraction of sp³-hybridized carbons (Fsp3) is 0.273. The first-order valence-corrected chi connectivity index (χ1v) is 9.18. The van der Waals surface area contributed by atoms with Gasteiger partial charge >= 0.3 is 0 Å². The highest BCUT2D eigenvalue weighted by Crippen LogP contribution is 2.16. The molecular weight excluding hydrogens is 383 g/mol. The van der Waals surface area contributed by atoms with Gasteiger partial charge < -0.3 is 14.3 Å². The maximum absolute atomic E-state index is 14.1. The molecule has 3 rings (SSSR count). The normalized spacial score (nSPS) is 12.4. The van der Waals surface area contributed by atoms with E-state index in [0.29, 0.717) is 17.9 Å². The summed E-state index contributed by atoms with van der Waals surface area (Å²) in [5, 5.41) is 10.4. The molecule has 0 aliphatic carbocycles. The van der Waals surface area contributed by atoms with E-state index < -0.39 is 17.7 Å². The number of furan rings is 1. The van der Waals surface area contributed by atoms with Crippen molar-refractivity contribution in [1.29, 1.82) is 0 Å². The molecule has 1 heterocycles. The quantitative estimate of drug-likeness (QED) is 0.547. The maximum atomic E-state index is 14.1. The van der Waals surface area contributed by atoms with Crippen LogP contribution in [-0.4, -0.2) is 29.3 Å². The number of benzene rings is 2. The van der Waals surface area contributed by atoms with Crippen molar-refractivity contribution in [3.8, 4) is 0 Å². The molecule has 154 valence electrons. The van der Waals surface area contributed by atoms with Crippen LogP contribution in [0.2, 0.25) is 0 Å². The molecule has 1 unspecified atom stereocenters. The fourth-order valence-corrected chi connectivity index (χ4v) is 2.96. The molecule has 7 heteroatoms. The summed E-state index contributed by atoms with van der Waals surface area (Å²) in [6, 6.07) is 12.9. The van der Waals surface area contributed by atoms with E-state index in [4.69, 9.17) is 9.15 Å². The minimum atomic E-state index is -0.839. The molecule has 0 aliphatic heterocycles. The second-order valence-electron chi connectivity index (χ2n) is 6.78. The van der Waals surface area contributed by atoms with Gasteiger partial charge in [0.2, 0.25) is 0 Å². The van der Waals surface area contributed by atoms with Gasteiger partial charge in [0.25, 0.3) is 0 Å². The molecule has 0 bridgehead atoms. The van der Waals surface area contributed by atoms with Crippen LogP contribution in [0.25, 0.3) is 0 Å². The summed E-state index contributed by atoms with van der Waals surface area (Å²) in [4.78, 5) is 1.80. The zero-order valence-electron chi connectivity index (χ0n) is 15.7. The molecule has 0 saturated carbocycles. The summed E-state index contributed by atoms with van der Waals surface area (Å²) in [7, 11) is 0. The van der Waals surface area contributed by atoms with E-state index in [1.165, 1.54) is 30.5 Å². The Hall–Kier alpha value is -2.61. The Balaban J connectivity index is 1.63. The second-order valence-corrected chi connectivity index (χ2v) is 6.78. The van der Waals surface area contributed by atoms with E-state index in [0.717, 1.165) is 11.6 Å². The third-order valence-corrected chi connectivity index (χ3v) is 4.33. The largest absolute Gasteiger partial charge is 0.467 e. The molecule has 0 aliphatic rings. The van der Waals surface area contributed by atoms with Crippen molar-refractivity contribution in [3.63, 3.8) is 0 Å². The molecule has 0 fully saturated rings. The first kappa shape index (κ1) is 21.1. The van der Waals surface area contributed by atoms with Crippen LogP contribution < -0.4 is 0 Å². The molecule has 1 atom stereocenters. The summed E-state index contributed by atoms with van der Waals surface area (Å²) in [6.07, 6.45) is 0.700. The minimum absolute atomic E-state index is 0.0620. The van der Waals surface area contributed by atoms with E-state index in [-0.39, 0.29) is 32.1 Å². The highest BCUT2D eigenvalue weighted by molar-refractivity contribution is 5.20. The monoisotopic (exact) mass is 405 g/mol. The summed E-state index contributed by atoms with van der Waals surface area (Å²) < 4.78 is 51.1. The van der Waals surface area contributed by atoms with Crippen LogP contribution in [0.1, 0.15) is 16.9 Å². The van der Waals surface area contributed by atoms with Gasteiger partial charge in [-0.3, -0.25) is 4.90 Å². The summed E-state index contributed by atoms with van der Waals surface area (Å²) >= 11 is 0. The third kappa shape index (κ3) is 6.74. The van der Waals surface area contributed by atoms with Crippen LogP contribution in [0.3, 0.4) is 0 Å². The van der Waals surface area contributed by atoms with E-state index in [1.807, 2.05) is 0 Å². The van der Waals surface area contributed by atoms with Crippen molar-refractivity contribution in [2.24, 2.45) is 0 Å². The van der Waals surface area contributed by atoms with Crippen molar-refractivity contribution in [1.82, 2.24) is 4.90 Å². The van der Waals surface area contributed by atoms with Gasteiger partial charge in [0.15, 0.2) is 0 Å². The van der Waals surface area contributed by atoms with E-state index in [9.17, 15) is 18.3 Å². The lowest BCUT2D eigenvalue weighted by Crippen LogP contribution is -2.34. The van der Waals surface area contributed by atoms with Gasteiger partial charge in [0.05, 0.1) is 19.0 Å². The second kappa shape index (κ2) is 10.2. The van der Waals surface area contributed by atoms with Crippen molar-refractivity contribution in [2.45, 2.75) is 25.8 Å². The van der Waals surface area contributed by atoms with Gasteiger partial charge in [-0.15, -0.1) is 0 Å². The van der Waals surface area contributed by atoms with Gasteiger partial charge in [0, 0.05) is 31.3 Å². The molecule has 29 heavy (non-hydrogen) atoms. The first-order valence-electron chi connectivity index (χ1n) is 9.18. The van der Waals surface area contributed by atoms with Gasteiger partial charge in [-0.1, -0.05) is 18.2 Å². The van der Waals surface area contributed by atoms with Crippen LogP contribution in [0.5, 0.6) is 0 Å². The average molecular weight is 405 g/mol. The third-order valence-electron chi connectivity index (χ3n) is 4.33. The number of ether oxygens (including phenoxy) is 1. The Morgan fingerprint density at radius 2 is 1.72 bits per heavy atom. The Kier molecular flexibility index (Phi) is 7.46. The van der Waals surface area contributed by atoms with Crippen molar-refractivity contribution in [3.05, 3.63) is 95.2 Å². The van der Waals surface area contributed by atoms with Gasteiger partial charge in [-0.25, -0.2) is 13.2 Å². The molecule has 1 aromatic heterocycles. The maximum Gasteiger partial charge on any atom is 0.130 e. The fourth-order valence-electron chi connectivity index (χ4n) is 2.96. The molecular formula is C22H22F3NO3. The number of halogens is 3. The molecule has 2 aromatic carbocycles. The van der Waals surface area contributed by atoms with Crippen LogP contribution in [0.4, 0.5) is 13.2 Å².